The Morgan fingerprint density at radius 1 is 1.29 bits per heavy atom. The Morgan fingerprint density at radius 2 is 1.90 bits per heavy atom. The molecule has 0 saturated heterocycles. The van der Waals surface area contributed by atoms with Crippen LogP contribution in [0.4, 0.5) is 13.2 Å². The highest BCUT2D eigenvalue weighted by Gasteiger charge is 2.41. The van der Waals surface area contributed by atoms with Gasteiger partial charge in [-0.2, -0.15) is 13.2 Å². The lowest BCUT2D eigenvalue weighted by molar-refractivity contribution is -0.138. The SMILES string of the molecule is CCOC(=O)c1[nH]c(CC)c(CC(=O)NC)c1C(F)(F)F. The molecule has 0 aliphatic heterocycles. The van der Waals surface area contributed by atoms with Gasteiger partial charge in [0.2, 0.25) is 5.91 Å². The molecule has 0 aromatic carbocycles. The van der Waals surface area contributed by atoms with Gasteiger partial charge >= 0.3 is 12.1 Å². The van der Waals surface area contributed by atoms with Crippen LogP contribution in [0.3, 0.4) is 0 Å². The number of carbonyl (C=O) groups excluding carboxylic acids is 2. The summed E-state index contributed by atoms with van der Waals surface area (Å²) < 4.78 is 44.4. The Balaban J connectivity index is 3.45. The first-order valence-electron chi connectivity index (χ1n) is 6.44. The average Bonchev–Trinajstić information content (AvgIpc) is 2.77. The molecule has 1 heterocycles. The van der Waals surface area contributed by atoms with Gasteiger partial charge in [0, 0.05) is 12.7 Å². The summed E-state index contributed by atoms with van der Waals surface area (Å²) in [5.74, 6) is -1.65. The maximum atomic E-state index is 13.3. The Bertz CT molecular complexity index is 535. The third-order valence-electron chi connectivity index (χ3n) is 2.92. The number of halogens is 3. The summed E-state index contributed by atoms with van der Waals surface area (Å²) in [5.41, 5.74) is -1.79. The molecule has 0 spiro atoms. The Morgan fingerprint density at radius 3 is 2.33 bits per heavy atom. The molecule has 0 fully saturated rings. The molecule has 0 unspecified atom stereocenters. The Labute approximate surface area is 119 Å². The fraction of sp³-hybridized carbons (Fsp3) is 0.538. The third-order valence-corrected chi connectivity index (χ3v) is 2.92. The second-order valence-electron chi connectivity index (χ2n) is 4.25. The number of amides is 1. The van der Waals surface area contributed by atoms with E-state index in [2.05, 4.69) is 15.0 Å². The van der Waals surface area contributed by atoms with Crippen molar-refractivity contribution in [3.63, 3.8) is 0 Å². The number of H-pyrrole nitrogens is 1. The third kappa shape index (κ3) is 3.77. The normalized spacial score (nSPS) is 11.3. The van der Waals surface area contributed by atoms with Crippen LogP contribution in [0.25, 0.3) is 0 Å². The van der Waals surface area contributed by atoms with E-state index in [1.165, 1.54) is 14.0 Å². The quantitative estimate of drug-likeness (QED) is 0.818. The minimum atomic E-state index is -4.75. The smallest absolute Gasteiger partial charge is 0.419 e. The van der Waals surface area contributed by atoms with Gasteiger partial charge in [0.1, 0.15) is 5.69 Å². The molecule has 1 aromatic rings. The summed E-state index contributed by atoms with van der Waals surface area (Å²) in [4.78, 5) is 25.6. The van der Waals surface area contributed by atoms with Crippen LogP contribution in [0.15, 0.2) is 0 Å². The molecular formula is C13H17F3N2O3. The van der Waals surface area contributed by atoms with Crippen molar-refractivity contribution in [2.75, 3.05) is 13.7 Å². The van der Waals surface area contributed by atoms with Gasteiger partial charge in [-0.05, 0) is 18.9 Å². The van der Waals surface area contributed by atoms with Gasteiger partial charge in [0.25, 0.3) is 0 Å². The molecular weight excluding hydrogens is 289 g/mol. The number of nitrogens with one attached hydrogen (secondary N) is 2. The summed E-state index contributed by atoms with van der Waals surface area (Å²) in [6.45, 7) is 3.09. The molecule has 5 nitrogen and oxygen atoms in total. The second kappa shape index (κ2) is 6.64. The molecule has 8 heteroatoms. The van der Waals surface area contributed by atoms with Crippen molar-refractivity contribution in [3.8, 4) is 0 Å². The van der Waals surface area contributed by atoms with Gasteiger partial charge < -0.3 is 15.0 Å². The molecule has 1 rings (SSSR count). The predicted octanol–water partition coefficient (Wildman–Crippen LogP) is 2.06. The van der Waals surface area contributed by atoms with E-state index in [4.69, 9.17) is 0 Å². The van der Waals surface area contributed by atoms with Gasteiger partial charge in [-0.15, -0.1) is 0 Å². The molecule has 1 amide bonds. The second-order valence-corrected chi connectivity index (χ2v) is 4.25. The lowest BCUT2D eigenvalue weighted by Crippen LogP contribution is -2.23. The maximum Gasteiger partial charge on any atom is 0.419 e. The van der Waals surface area contributed by atoms with Gasteiger partial charge in [-0.1, -0.05) is 6.92 Å². The predicted molar refractivity (Wildman–Crippen MR) is 68.9 cm³/mol. The van der Waals surface area contributed by atoms with E-state index in [-0.39, 0.29) is 24.3 Å². The van der Waals surface area contributed by atoms with Crippen LogP contribution in [-0.2, 0) is 28.5 Å². The number of carbonyl (C=O) groups is 2. The average molecular weight is 306 g/mol. The highest BCUT2D eigenvalue weighted by Crippen LogP contribution is 2.37. The number of ether oxygens (including phenoxy) is 1. The number of alkyl halides is 3. The zero-order valence-corrected chi connectivity index (χ0v) is 12.0. The lowest BCUT2D eigenvalue weighted by atomic mass is 10.0. The van der Waals surface area contributed by atoms with E-state index in [9.17, 15) is 22.8 Å². The molecule has 0 aliphatic rings. The van der Waals surface area contributed by atoms with E-state index in [0.29, 0.717) is 0 Å². The van der Waals surface area contributed by atoms with E-state index in [1.54, 1.807) is 6.92 Å². The summed E-state index contributed by atoms with van der Waals surface area (Å²) in [6, 6.07) is 0. The summed E-state index contributed by atoms with van der Waals surface area (Å²) in [6.07, 6.45) is -4.98. The number of aryl methyl sites for hydroxylation is 1. The fourth-order valence-corrected chi connectivity index (χ4v) is 2.01. The topological polar surface area (TPSA) is 71.2 Å². The van der Waals surface area contributed by atoms with Crippen LogP contribution in [-0.4, -0.2) is 30.5 Å². The molecule has 0 radical (unpaired) electrons. The number of hydrogen-bond acceptors (Lipinski definition) is 3. The summed E-state index contributed by atoms with van der Waals surface area (Å²) in [5, 5.41) is 2.27. The largest absolute Gasteiger partial charge is 0.461 e. The van der Waals surface area contributed by atoms with E-state index < -0.39 is 35.7 Å². The zero-order chi connectivity index (χ0) is 16.2. The van der Waals surface area contributed by atoms with Crippen molar-refractivity contribution >= 4 is 11.9 Å². The number of aromatic amines is 1. The van der Waals surface area contributed by atoms with Gasteiger partial charge in [-0.25, -0.2) is 4.79 Å². The first kappa shape index (κ1) is 17.1. The van der Waals surface area contributed by atoms with Crippen LogP contribution in [0.5, 0.6) is 0 Å². The molecule has 0 bridgehead atoms. The van der Waals surface area contributed by atoms with Crippen LogP contribution < -0.4 is 5.32 Å². The van der Waals surface area contributed by atoms with E-state index in [1.807, 2.05) is 0 Å². The van der Waals surface area contributed by atoms with Gasteiger partial charge in [-0.3, -0.25) is 4.79 Å². The van der Waals surface area contributed by atoms with Crippen LogP contribution in [0.1, 0.15) is 41.2 Å². The molecule has 1 aromatic heterocycles. The minimum absolute atomic E-state index is 0.0403. The number of rotatable bonds is 5. The van der Waals surface area contributed by atoms with Crippen molar-refractivity contribution in [2.45, 2.75) is 32.9 Å². The van der Waals surface area contributed by atoms with Gasteiger partial charge in [0.05, 0.1) is 18.6 Å². The van der Waals surface area contributed by atoms with Crippen LogP contribution in [0.2, 0.25) is 0 Å². The highest BCUT2D eigenvalue weighted by molar-refractivity contribution is 5.91. The fourth-order valence-electron chi connectivity index (χ4n) is 2.01. The van der Waals surface area contributed by atoms with Crippen molar-refractivity contribution in [2.24, 2.45) is 0 Å². The highest BCUT2D eigenvalue weighted by atomic mass is 19.4. The van der Waals surface area contributed by atoms with E-state index in [0.717, 1.165) is 0 Å². The number of hydrogen-bond donors (Lipinski definition) is 2. The first-order chi connectivity index (χ1) is 9.76. The summed E-state index contributed by atoms with van der Waals surface area (Å²) >= 11 is 0. The van der Waals surface area contributed by atoms with Crippen LogP contribution >= 0.6 is 0 Å². The summed E-state index contributed by atoms with van der Waals surface area (Å²) in [7, 11) is 1.33. The van der Waals surface area contributed by atoms with Crippen molar-refractivity contribution in [1.29, 1.82) is 0 Å². The maximum absolute atomic E-state index is 13.3. The Hall–Kier alpha value is -1.99. The molecule has 21 heavy (non-hydrogen) atoms. The van der Waals surface area contributed by atoms with Crippen molar-refractivity contribution in [1.82, 2.24) is 10.3 Å². The molecule has 2 N–H and O–H groups in total. The van der Waals surface area contributed by atoms with Crippen molar-refractivity contribution in [3.05, 3.63) is 22.5 Å². The monoisotopic (exact) mass is 306 g/mol. The molecule has 0 atom stereocenters. The van der Waals surface area contributed by atoms with E-state index >= 15 is 0 Å². The zero-order valence-electron chi connectivity index (χ0n) is 12.0. The minimum Gasteiger partial charge on any atom is -0.461 e. The van der Waals surface area contributed by atoms with Crippen LogP contribution in [0, 0.1) is 0 Å². The lowest BCUT2D eigenvalue weighted by Gasteiger charge is -2.11. The molecule has 118 valence electrons. The Kier molecular flexibility index (Phi) is 5.40. The number of esters is 1. The molecule has 0 aliphatic carbocycles. The standard InChI is InChI=1S/C13H17F3N2O3/c1-4-8-7(6-9(19)17-3)10(13(14,15)16)11(18-8)12(20)21-5-2/h18H,4-6H2,1-3H3,(H,17,19). The first-order valence-corrected chi connectivity index (χ1v) is 6.44. The van der Waals surface area contributed by atoms with Crippen molar-refractivity contribution < 1.29 is 27.5 Å². The number of likely N-dealkylation sites (N-methyl/N-ethyl adjacent to an activating group) is 1. The van der Waals surface area contributed by atoms with Gasteiger partial charge in [0.15, 0.2) is 0 Å². The number of aromatic nitrogens is 1. The molecule has 0 saturated carbocycles.